The van der Waals surface area contributed by atoms with Gasteiger partial charge in [-0.2, -0.15) is 0 Å². The van der Waals surface area contributed by atoms with E-state index in [0.717, 1.165) is 30.9 Å². The molecule has 0 saturated heterocycles. The predicted molar refractivity (Wildman–Crippen MR) is 107 cm³/mol. The summed E-state index contributed by atoms with van der Waals surface area (Å²) >= 11 is 0. The number of ether oxygens (including phenoxy) is 1. The molecule has 0 saturated carbocycles. The van der Waals surface area contributed by atoms with Gasteiger partial charge in [0.05, 0.1) is 12.8 Å². The molecular formula is C22H30N2O. The molecule has 0 atom stereocenters. The van der Waals surface area contributed by atoms with Crippen molar-refractivity contribution in [3.8, 4) is 5.75 Å². The summed E-state index contributed by atoms with van der Waals surface area (Å²) < 4.78 is 5.60. The highest BCUT2D eigenvalue weighted by molar-refractivity contribution is 5.68. The van der Waals surface area contributed by atoms with E-state index in [9.17, 15) is 0 Å². The van der Waals surface area contributed by atoms with Crippen LogP contribution >= 0.6 is 0 Å². The Morgan fingerprint density at radius 2 is 1.84 bits per heavy atom. The highest BCUT2D eigenvalue weighted by Gasteiger charge is 2.14. The molecule has 0 amide bonds. The number of fused-ring (bicyclic) bond motifs is 1. The van der Waals surface area contributed by atoms with Crippen molar-refractivity contribution in [3.63, 3.8) is 0 Å². The van der Waals surface area contributed by atoms with E-state index in [1.807, 2.05) is 0 Å². The zero-order valence-corrected chi connectivity index (χ0v) is 15.9. The van der Waals surface area contributed by atoms with E-state index < -0.39 is 0 Å². The second-order valence-corrected chi connectivity index (χ2v) is 7.89. The van der Waals surface area contributed by atoms with Crippen molar-refractivity contribution >= 4 is 11.4 Å². The topological polar surface area (TPSA) is 33.3 Å². The average molecular weight is 338 g/mol. The largest absolute Gasteiger partial charge is 0.495 e. The lowest BCUT2D eigenvalue weighted by Gasteiger charge is -2.19. The van der Waals surface area contributed by atoms with Gasteiger partial charge in [0.25, 0.3) is 0 Å². The van der Waals surface area contributed by atoms with Crippen LogP contribution in [-0.2, 0) is 18.4 Å². The van der Waals surface area contributed by atoms with E-state index >= 15 is 0 Å². The quantitative estimate of drug-likeness (QED) is 0.788. The first-order valence-corrected chi connectivity index (χ1v) is 9.25. The Kier molecular flexibility index (Phi) is 5.22. The van der Waals surface area contributed by atoms with Crippen molar-refractivity contribution in [2.24, 2.45) is 0 Å². The molecule has 2 aromatic rings. The van der Waals surface area contributed by atoms with Crippen molar-refractivity contribution in [1.29, 1.82) is 0 Å². The maximum absolute atomic E-state index is 5.60. The molecule has 0 aliphatic carbocycles. The molecule has 3 nitrogen and oxygen atoms in total. The van der Waals surface area contributed by atoms with Crippen molar-refractivity contribution in [2.45, 2.75) is 52.0 Å². The molecule has 134 valence electrons. The van der Waals surface area contributed by atoms with Crippen molar-refractivity contribution in [1.82, 2.24) is 0 Å². The second kappa shape index (κ2) is 7.38. The molecule has 1 heterocycles. The summed E-state index contributed by atoms with van der Waals surface area (Å²) in [6.45, 7) is 8.58. The van der Waals surface area contributed by atoms with Gasteiger partial charge in [-0.1, -0.05) is 45.0 Å². The minimum absolute atomic E-state index is 0.194. The molecular weight excluding hydrogens is 308 g/mol. The molecule has 0 radical (unpaired) electrons. The van der Waals surface area contributed by atoms with Crippen LogP contribution in [0, 0.1) is 0 Å². The summed E-state index contributed by atoms with van der Waals surface area (Å²) in [4.78, 5) is 0. The standard InChI is InChI=1S/C22H30N2O/c1-22(2,3)18-10-8-16(9-11-18)15-24-20-13-17-7-5-6-12-23-19(17)14-21(20)25-4/h8-11,13-14,23-24H,5-7,12,15H2,1-4H3. The fourth-order valence-electron chi connectivity index (χ4n) is 3.29. The Labute approximate surface area is 151 Å². The van der Waals surface area contributed by atoms with E-state index in [0.29, 0.717) is 0 Å². The maximum atomic E-state index is 5.60. The number of hydrogen-bond acceptors (Lipinski definition) is 3. The Morgan fingerprint density at radius 3 is 2.52 bits per heavy atom. The molecule has 0 aromatic heterocycles. The minimum atomic E-state index is 0.194. The lowest BCUT2D eigenvalue weighted by atomic mass is 9.87. The fraction of sp³-hybridized carbons (Fsp3) is 0.455. The predicted octanol–water partition coefficient (Wildman–Crippen LogP) is 5.35. The number of aryl methyl sites for hydroxylation is 1. The molecule has 2 N–H and O–H groups in total. The monoisotopic (exact) mass is 338 g/mol. The van der Waals surface area contributed by atoms with Gasteiger partial charge in [-0.25, -0.2) is 0 Å². The first-order chi connectivity index (χ1) is 12.0. The summed E-state index contributed by atoms with van der Waals surface area (Å²) in [6, 6.07) is 13.3. The van der Waals surface area contributed by atoms with Gasteiger partial charge >= 0.3 is 0 Å². The molecule has 25 heavy (non-hydrogen) atoms. The van der Waals surface area contributed by atoms with Crippen LogP contribution in [0.2, 0.25) is 0 Å². The molecule has 1 aliphatic heterocycles. The highest BCUT2D eigenvalue weighted by atomic mass is 16.5. The van der Waals surface area contributed by atoms with E-state index in [-0.39, 0.29) is 5.41 Å². The average Bonchev–Trinajstić information content (AvgIpc) is 2.83. The number of rotatable bonds is 4. The van der Waals surface area contributed by atoms with Gasteiger partial charge in [-0.05, 0) is 47.4 Å². The van der Waals surface area contributed by atoms with Gasteiger partial charge in [-0.3, -0.25) is 0 Å². The van der Waals surface area contributed by atoms with Crippen LogP contribution < -0.4 is 15.4 Å². The zero-order chi connectivity index (χ0) is 17.9. The van der Waals surface area contributed by atoms with Crippen LogP contribution in [0.5, 0.6) is 5.75 Å². The van der Waals surface area contributed by atoms with Crippen molar-refractivity contribution in [3.05, 3.63) is 53.1 Å². The van der Waals surface area contributed by atoms with E-state index in [2.05, 4.69) is 67.8 Å². The summed E-state index contributed by atoms with van der Waals surface area (Å²) in [6.07, 6.45) is 3.58. The lowest BCUT2D eigenvalue weighted by molar-refractivity contribution is 0.416. The Bertz CT molecular complexity index is 714. The van der Waals surface area contributed by atoms with Gasteiger partial charge in [0, 0.05) is 24.8 Å². The van der Waals surface area contributed by atoms with Crippen molar-refractivity contribution in [2.75, 3.05) is 24.3 Å². The molecule has 0 spiro atoms. The molecule has 0 unspecified atom stereocenters. The molecule has 3 rings (SSSR count). The lowest BCUT2D eigenvalue weighted by Crippen LogP contribution is -2.11. The summed E-state index contributed by atoms with van der Waals surface area (Å²) in [5.41, 5.74) is 6.51. The van der Waals surface area contributed by atoms with Gasteiger partial charge < -0.3 is 15.4 Å². The second-order valence-electron chi connectivity index (χ2n) is 7.89. The smallest absolute Gasteiger partial charge is 0.144 e. The van der Waals surface area contributed by atoms with Crippen LogP contribution in [0.3, 0.4) is 0 Å². The molecule has 3 heteroatoms. The maximum Gasteiger partial charge on any atom is 0.144 e. The summed E-state index contributed by atoms with van der Waals surface area (Å²) in [5.74, 6) is 0.902. The SMILES string of the molecule is COc1cc2c(cc1NCc1ccc(C(C)(C)C)cc1)CCCCN2. The van der Waals surface area contributed by atoms with Crippen LogP contribution in [0.4, 0.5) is 11.4 Å². The summed E-state index contributed by atoms with van der Waals surface area (Å²) in [5, 5.41) is 7.07. The van der Waals surface area contributed by atoms with E-state index in [4.69, 9.17) is 4.74 Å². The normalized spacial score (nSPS) is 14.2. The number of hydrogen-bond donors (Lipinski definition) is 2. The Balaban J connectivity index is 1.75. The first-order valence-electron chi connectivity index (χ1n) is 9.25. The van der Waals surface area contributed by atoms with Crippen LogP contribution in [-0.4, -0.2) is 13.7 Å². The number of anilines is 2. The third-order valence-electron chi connectivity index (χ3n) is 4.92. The van der Waals surface area contributed by atoms with Gasteiger partial charge in [0.1, 0.15) is 5.75 Å². The van der Waals surface area contributed by atoms with E-state index in [1.54, 1.807) is 7.11 Å². The number of benzene rings is 2. The number of nitrogens with one attached hydrogen (secondary N) is 2. The zero-order valence-electron chi connectivity index (χ0n) is 15.9. The van der Waals surface area contributed by atoms with Gasteiger partial charge in [0.15, 0.2) is 0 Å². The summed E-state index contributed by atoms with van der Waals surface area (Å²) in [7, 11) is 1.74. The fourth-order valence-corrected chi connectivity index (χ4v) is 3.29. The third kappa shape index (κ3) is 4.28. The minimum Gasteiger partial charge on any atom is -0.495 e. The number of methoxy groups -OCH3 is 1. The molecule has 2 aromatic carbocycles. The molecule has 0 fully saturated rings. The molecule has 0 bridgehead atoms. The van der Waals surface area contributed by atoms with Gasteiger partial charge in [-0.15, -0.1) is 0 Å². The Morgan fingerprint density at radius 1 is 1.08 bits per heavy atom. The first kappa shape index (κ1) is 17.7. The Hall–Kier alpha value is -2.16. The molecule has 1 aliphatic rings. The van der Waals surface area contributed by atoms with Gasteiger partial charge in [0.2, 0.25) is 0 Å². The van der Waals surface area contributed by atoms with Crippen molar-refractivity contribution < 1.29 is 4.74 Å². The third-order valence-corrected chi connectivity index (χ3v) is 4.92. The van der Waals surface area contributed by atoms with Crippen LogP contribution in [0.15, 0.2) is 36.4 Å². The highest BCUT2D eigenvalue weighted by Crippen LogP contribution is 2.34. The van der Waals surface area contributed by atoms with Crippen LogP contribution in [0.25, 0.3) is 0 Å². The van der Waals surface area contributed by atoms with E-state index in [1.165, 1.54) is 35.2 Å². The van der Waals surface area contributed by atoms with Crippen LogP contribution in [0.1, 0.15) is 50.3 Å².